The van der Waals surface area contributed by atoms with Gasteiger partial charge in [-0.05, 0) is 25.7 Å². The molecule has 1 unspecified atom stereocenters. The molecular weight excluding hydrogens is 132 g/mol. The Balaban J connectivity index is 0.000000292. The van der Waals surface area contributed by atoms with Gasteiger partial charge in [-0.1, -0.05) is 37.3 Å². The van der Waals surface area contributed by atoms with Crippen molar-refractivity contribution in [1.82, 2.24) is 0 Å². The van der Waals surface area contributed by atoms with Gasteiger partial charge >= 0.3 is 0 Å². The molecule has 1 aliphatic rings. The molecule has 0 radical (unpaired) electrons. The molecule has 1 aliphatic carbocycles. The molecule has 0 bridgehead atoms. The normalized spacial score (nSPS) is 20.4. The fraction of sp³-hybridized carbons (Fsp3) is 0.455. The third kappa shape index (κ3) is 5.65. The van der Waals surface area contributed by atoms with Crippen LogP contribution in [0.2, 0.25) is 0 Å². The second kappa shape index (κ2) is 7.33. The van der Waals surface area contributed by atoms with Crippen LogP contribution in [-0.4, -0.2) is 0 Å². The van der Waals surface area contributed by atoms with E-state index in [1.54, 1.807) is 6.08 Å². The zero-order valence-electron chi connectivity index (χ0n) is 7.59. The third-order valence-electron chi connectivity index (χ3n) is 1.59. The van der Waals surface area contributed by atoms with Crippen molar-refractivity contribution < 1.29 is 0 Å². The molecule has 0 fully saturated rings. The van der Waals surface area contributed by atoms with Gasteiger partial charge in [-0.2, -0.15) is 0 Å². The first-order chi connectivity index (χ1) is 5.35. The van der Waals surface area contributed by atoms with Crippen molar-refractivity contribution in [1.29, 1.82) is 0 Å². The van der Waals surface area contributed by atoms with E-state index in [0.29, 0.717) is 0 Å². The van der Waals surface area contributed by atoms with E-state index in [1.807, 2.05) is 6.92 Å². The van der Waals surface area contributed by atoms with Crippen LogP contribution in [0.3, 0.4) is 0 Å². The van der Waals surface area contributed by atoms with E-state index in [0.717, 1.165) is 5.92 Å². The van der Waals surface area contributed by atoms with E-state index < -0.39 is 0 Å². The van der Waals surface area contributed by atoms with Crippen LogP contribution >= 0.6 is 0 Å². The summed E-state index contributed by atoms with van der Waals surface area (Å²) in [6, 6.07) is 0. The smallest absolute Gasteiger partial charge is 0.0198 e. The number of hydrogen-bond acceptors (Lipinski definition) is 0. The number of rotatable bonds is 1. The van der Waals surface area contributed by atoms with Crippen LogP contribution in [0.4, 0.5) is 0 Å². The summed E-state index contributed by atoms with van der Waals surface area (Å²) in [5.74, 6) is 0.819. The lowest BCUT2D eigenvalue weighted by Crippen LogP contribution is -1.93. The van der Waals surface area contributed by atoms with Gasteiger partial charge in [-0.15, -0.1) is 6.58 Å². The Labute approximate surface area is 70.3 Å². The topological polar surface area (TPSA) is 0 Å². The second-order valence-corrected chi connectivity index (χ2v) is 2.63. The number of hydrogen-bond donors (Lipinski definition) is 0. The maximum atomic E-state index is 3.36. The average molecular weight is 150 g/mol. The summed E-state index contributed by atoms with van der Waals surface area (Å²) < 4.78 is 0. The molecule has 0 aromatic rings. The molecule has 62 valence electrons. The molecule has 0 heteroatoms. The minimum Gasteiger partial charge on any atom is -0.103 e. The highest BCUT2D eigenvalue weighted by atomic mass is 14.0. The molecule has 1 atom stereocenters. The fourth-order valence-electron chi connectivity index (χ4n) is 0.935. The van der Waals surface area contributed by atoms with Gasteiger partial charge in [0.05, 0.1) is 0 Å². The van der Waals surface area contributed by atoms with Gasteiger partial charge in [0.15, 0.2) is 0 Å². The Morgan fingerprint density at radius 1 is 1.55 bits per heavy atom. The Morgan fingerprint density at radius 2 is 2.18 bits per heavy atom. The van der Waals surface area contributed by atoms with E-state index >= 15 is 0 Å². The largest absolute Gasteiger partial charge is 0.103 e. The Bertz CT molecular complexity index is 140. The summed E-state index contributed by atoms with van der Waals surface area (Å²) in [5.41, 5.74) is 0. The van der Waals surface area contributed by atoms with Gasteiger partial charge in [0.25, 0.3) is 0 Å². The molecule has 11 heavy (non-hydrogen) atoms. The lowest BCUT2D eigenvalue weighted by molar-refractivity contribution is 0.633. The maximum Gasteiger partial charge on any atom is -0.0198 e. The van der Waals surface area contributed by atoms with Gasteiger partial charge in [0.2, 0.25) is 0 Å². The first kappa shape index (κ1) is 10.2. The Kier molecular flexibility index (Phi) is 6.81. The van der Waals surface area contributed by atoms with Crippen LogP contribution < -0.4 is 0 Å². The molecule has 0 N–H and O–H groups in total. The molecule has 0 amide bonds. The molecular formula is C11H18. The minimum absolute atomic E-state index is 0.819. The summed E-state index contributed by atoms with van der Waals surface area (Å²) in [7, 11) is 0. The van der Waals surface area contributed by atoms with Crippen LogP contribution in [0, 0.1) is 5.92 Å². The van der Waals surface area contributed by atoms with Gasteiger partial charge in [-0.25, -0.2) is 0 Å². The zero-order valence-corrected chi connectivity index (χ0v) is 7.59. The first-order valence-corrected chi connectivity index (χ1v) is 4.25. The van der Waals surface area contributed by atoms with Crippen molar-refractivity contribution in [3.05, 3.63) is 37.0 Å². The molecule has 0 spiro atoms. The molecule has 0 aromatic carbocycles. The lowest BCUT2D eigenvalue weighted by Gasteiger charge is -2.07. The third-order valence-corrected chi connectivity index (χ3v) is 1.59. The van der Waals surface area contributed by atoms with E-state index in [4.69, 9.17) is 0 Å². The molecule has 0 nitrogen and oxygen atoms in total. The predicted octanol–water partition coefficient (Wildman–Crippen LogP) is 3.72. The second-order valence-electron chi connectivity index (χ2n) is 2.63. The monoisotopic (exact) mass is 150 g/mol. The number of allylic oxidation sites excluding steroid dienone is 5. The van der Waals surface area contributed by atoms with Crippen LogP contribution in [0.15, 0.2) is 37.0 Å². The van der Waals surface area contributed by atoms with Crippen molar-refractivity contribution in [2.24, 2.45) is 5.92 Å². The summed E-state index contributed by atoms with van der Waals surface area (Å²) in [6.07, 6.45) is 13.0. The molecule has 0 aromatic heterocycles. The van der Waals surface area contributed by atoms with Crippen molar-refractivity contribution in [3.63, 3.8) is 0 Å². The molecule has 0 saturated carbocycles. The van der Waals surface area contributed by atoms with Gasteiger partial charge in [-0.3, -0.25) is 0 Å². The molecule has 0 heterocycles. The van der Waals surface area contributed by atoms with Crippen molar-refractivity contribution >= 4 is 0 Å². The highest BCUT2D eigenvalue weighted by Gasteiger charge is 1.98. The van der Waals surface area contributed by atoms with Crippen molar-refractivity contribution in [3.8, 4) is 0 Å². The van der Waals surface area contributed by atoms with Gasteiger partial charge in [0, 0.05) is 0 Å². The van der Waals surface area contributed by atoms with E-state index in [9.17, 15) is 0 Å². The van der Waals surface area contributed by atoms with Crippen LogP contribution in [0.25, 0.3) is 0 Å². The summed E-state index contributed by atoms with van der Waals surface area (Å²) >= 11 is 0. The van der Waals surface area contributed by atoms with Crippen LogP contribution in [-0.2, 0) is 0 Å². The molecule has 0 saturated heterocycles. The van der Waals surface area contributed by atoms with Gasteiger partial charge in [0.1, 0.15) is 0 Å². The van der Waals surface area contributed by atoms with Crippen molar-refractivity contribution in [2.45, 2.75) is 26.7 Å². The summed E-state index contributed by atoms with van der Waals surface area (Å²) in [6.45, 7) is 7.48. The van der Waals surface area contributed by atoms with E-state index in [-0.39, 0.29) is 0 Å². The summed E-state index contributed by atoms with van der Waals surface area (Å²) in [5, 5.41) is 0. The minimum atomic E-state index is 0.819. The van der Waals surface area contributed by atoms with Crippen LogP contribution in [0.5, 0.6) is 0 Å². The lowest BCUT2D eigenvalue weighted by atomic mass is 9.99. The average Bonchev–Trinajstić information content (AvgIpc) is 2.08. The SMILES string of the molecule is C=CC.CCC1C=CC=CC1. The van der Waals surface area contributed by atoms with Crippen LogP contribution in [0.1, 0.15) is 26.7 Å². The highest BCUT2D eigenvalue weighted by Crippen LogP contribution is 2.13. The maximum absolute atomic E-state index is 3.36. The Morgan fingerprint density at radius 3 is 2.45 bits per heavy atom. The summed E-state index contributed by atoms with van der Waals surface area (Å²) in [4.78, 5) is 0. The quantitative estimate of drug-likeness (QED) is 0.500. The predicted molar refractivity (Wildman–Crippen MR) is 52.5 cm³/mol. The highest BCUT2D eigenvalue weighted by molar-refractivity contribution is 5.10. The zero-order chi connectivity index (χ0) is 8.53. The van der Waals surface area contributed by atoms with Gasteiger partial charge < -0.3 is 0 Å². The Hall–Kier alpha value is -0.780. The van der Waals surface area contributed by atoms with Crippen molar-refractivity contribution in [2.75, 3.05) is 0 Å². The van der Waals surface area contributed by atoms with E-state index in [1.165, 1.54) is 12.8 Å². The molecule has 1 rings (SSSR count). The fourth-order valence-corrected chi connectivity index (χ4v) is 0.935. The standard InChI is InChI=1S/C8H12.C3H6/c1-2-8-6-4-3-5-7-8;1-3-2/h3-6,8H,2,7H2,1H3;3H,1H2,2H3. The molecule has 0 aliphatic heterocycles. The first-order valence-electron chi connectivity index (χ1n) is 4.25. The van der Waals surface area contributed by atoms with E-state index in [2.05, 4.69) is 37.8 Å².